The summed E-state index contributed by atoms with van der Waals surface area (Å²) in [6.45, 7) is 0.759. The largest absolute Gasteiger partial charge is 0.448 e. The molecule has 5 nitrogen and oxygen atoms in total. The van der Waals surface area contributed by atoms with E-state index in [4.69, 9.17) is 0 Å². The van der Waals surface area contributed by atoms with Gasteiger partial charge in [-0.05, 0) is 25.1 Å². The fourth-order valence-electron chi connectivity index (χ4n) is 1.38. The van der Waals surface area contributed by atoms with Crippen molar-refractivity contribution in [2.24, 2.45) is 0 Å². The number of ether oxygens (including phenoxy) is 1. The number of esters is 1. The molecule has 0 aromatic carbocycles. The SMILES string of the molecule is CC(OC(=O)c1cc(-n2cccn2)ccn1)C(F)(F)F. The van der Waals surface area contributed by atoms with E-state index in [-0.39, 0.29) is 5.69 Å². The minimum absolute atomic E-state index is 0.214. The first-order chi connectivity index (χ1) is 9.38. The number of carbonyl (C=O) groups excluding carboxylic acids is 1. The van der Waals surface area contributed by atoms with Crippen LogP contribution in [0.2, 0.25) is 0 Å². The van der Waals surface area contributed by atoms with Gasteiger partial charge in [0, 0.05) is 18.6 Å². The molecule has 20 heavy (non-hydrogen) atoms. The average molecular weight is 285 g/mol. The molecular weight excluding hydrogens is 275 g/mol. The third-order valence-electron chi connectivity index (χ3n) is 2.47. The Hall–Kier alpha value is -2.38. The summed E-state index contributed by atoms with van der Waals surface area (Å²) in [4.78, 5) is 15.3. The van der Waals surface area contributed by atoms with Gasteiger partial charge in [0.15, 0.2) is 11.8 Å². The first-order valence-corrected chi connectivity index (χ1v) is 5.61. The van der Waals surface area contributed by atoms with Crippen molar-refractivity contribution in [3.63, 3.8) is 0 Å². The summed E-state index contributed by atoms with van der Waals surface area (Å²) in [6, 6.07) is 4.54. The highest BCUT2D eigenvalue weighted by Crippen LogP contribution is 2.23. The van der Waals surface area contributed by atoms with Crippen LogP contribution in [0.15, 0.2) is 36.8 Å². The zero-order valence-corrected chi connectivity index (χ0v) is 10.3. The molecule has 2 aromatic heterocycles. The highest BCUT2D eigenvalue weighted by atomic mass is 19.4. The van der Waals surface area contributed by atoms with E-state index in [1.807, 2.05) is 0 Å². The maximum Gasteiger partial charge on any atom is 0.425 e. The monoisotopic (exact) mass is 285 g/mol. The summed E-state index contributed by atoms with van der Waals surface area (Å²) in [5.74, 6) is -1.14. The van der Waals surface area contributed by atoms with Crippen LogP contribution in [0.3, 0.4) is 0 Å². The average Bonchev–Trinajstić information content (AvgIpc) is 2.91. The molecule has 106 valence electrons. The molecule has 1 unspecified atom stereocenters. The van der Waals surface area contributed by atoms with Gasteiger partial charge in [-0.2, -0.15) is 18.3 Å². The maximum absolute atomic E-state index is 12.3. The summed E-state index contributed by atoms with van der Waals surface area (Å²) >= 11 is 0. The van der Waals surface area contributed by atoms with Gasteiger partial charge in [-0.15, -0.1) is 0 Å². The summed E-state index contributed by atoms with van der Waals surface area (Å²) in [5, 5.41) is 3.94. The predicted octanol–water partition coefficient (Wildman–Crippen LogP) is 2.37. The summed E-state index contributed by atoms with van der Waals surface area (Å²) < 4.78 is 42.7. The molecule has 2 heterocycles. The zero-order valence-electron chi connectivity index (χ0n) is 10.3. The van der Waals surface area contributed by atoms with Gasteiger partial charge in [-0.25, -0.2) is 14.5 Å². The topological polar surface area (TPSA) is 57.0 Å². The van der Waals surface area contributed by atoms with E-state index in [1.54, 1.807) is 18.3 Å². The molecule has 0 bridgehead atoms. The number of nitrogens with zero attached hydrogens (tertiary/aromatic N) is 3. The molecule has 0 aliphatic heterocycles. The third kappa shape index (κ3) is 3.14. The number of aromatic nitrogens is 3. The minimum Gasteiger partial charge on any atom is -0.448 e. The number of alkyl halides is 3. The number of hydrogen-bond donors (Lipinski definition) is 0. The van der Waals surface area contributed by atoms with Crippen molar-refractivity contribution in [2.75, 3.05) is 0 Å². The van der Waals surface area contributed by atoms with Crippen LogP contribution < -0.4 is 0 Å². The van der Waals surface area contributed by atoms with Crippen LogP contribution in [0.1, 0.15) is 17.4 Å². The maximum atomic E-state index is 12.3. The molecule has 0 fully saturated rings. The second-order valence-corrected chi connectivity index (χ2v) is 3.94. The Labute approximate surface area is 112 Å². The minimum atomic E-state index is -4.60. The van der Waals surface area contributed by atoms with Gasteiger partial charge in [0.1, 0.15) is 0 Å². The van der Waals surface area contributed by atoms with Crippen LogP contribution in [0, 0.1) is 0 Å². The molecule has 8 heteroatoms. The van der Waals surface area contributed by atoms with E-state index in [2.05, 4.69) is 14.8 Å². The van der Waals surface area contributed by atoms with Crippen molar-refractivity contribution in [3.05, 3.63) is 42.5 Å². The molecule has 0 N–H and O–H groups in total. The van der Waals surface area contributed by atoms with Crippen LogP contribution in [0.5, 0.6) is 0 Å². The van der Waals surface area contributed by atoms with Gasteiger partial charge in [-0.3, -0.25) is 0 Å². The number of rotatable bonds is 3. The Balaban J connectivity index is 2.17. The Morgan fingerprint density at radius 1 is 1.40 bits per heavy atom. The van der Waals surface area contributed by atoms with Gasteiger partial charge in [0.25, 0.3) is 0 Å². The standard InChI is InChI=1S/C12H10F3N3O2/c1-8(12(13,14)15)20-11(19)10-7-9(3-5-16-10)18-6-2-4-17-18/h2-8H,1H3. The second-order valence-electron chi connectivity index (χ2n) is 3.94. The third-order valence-corrected chi connectivity index (χ3v) is 2.47. The van der Waals surface area contributed by atoms with E-state index >= 15 is 0 Å². The first kappa shape index (κ1) is 14.0. The van der Waals surface area contributed by atoms with Gasteiger partial charge in [0.05, 0.1) is 5.69 Å². The molecule has 0 saturated heterocycles. The molecule has 0 radical (unpaired) electrons. The molecule has 0 saturated carbocycles. The van der Waals surface area contributed by atoms with Crippen molar-refractivity contribution in [1.29, 1.82) is 0 Å². The Kier molecular flexibility index (Phi) is 3.73. The van der Waals surface area contributed by atoms with Gasteiger partial charge in [0.2, 0.25) is 0 Å². The number of hydrogen-bond acceptors (Lipinski definition) is 4. The first-order valence-electron chi connectivity index (χ1n) is 5.61. The van der Waals surface area contributed by atoms with Crippen molar-refractivity contribution in [2.45, 2.75) is 19.2 Å². The highest BCUT2D eigenvalue weighted by Gasteiger charge is 2.39. The van der Waals surface area contributed by atoms with Crippen molar-refractivity contribution in [1.82, 2.24) is 14.8 Å². The normalized spacial score (nSPS) is 13.0. The van der Waals surface area contributed by atoms with E-state index in [1.165, 1.54) is 23.1 Å². The molecule has 0 amide bonds. The fourth-order valence-corrected chi connectivity index (χ4v) is 1.38. The highest BCUT2D eigenvalue weighted by molar-refractivity contribution is 5.87. The fraction of sp³-hybridized carbons (Fsp3) is 0.250. The molecule has 2 rings (SSSR count). The summed E-state index contributed by atoms with van der Waals surface area (Å²) in [6.07, 6.45) is -2.33. The predicted molar refractivity (Wildman–Crippen MR) is 62.3 cm³/mol. The molecule has 0 aliphatic rings. The zero-order chi connectivity index (χ0) is 14.8. The van der Waals surface area contributed by atoms with Gasteiger partial charge >= 0.3 is 12.1 Å². The van der Waals surface area contributed by atoms with E-state index in [9.17, 15) is 18.0 Å². The van der Waals surface area contributed by atoms with Crippen LogP contribution in [-0.4, -0.2) is 33.0 Å². The van der Waals surface area contributed by atoms with E-state index < -0.39 is 18.2 Å². The van der Waals surface area contributed by atoms with Crippen molar-refractivity contribution in [3.8, 4) is 5.69 Å². The Morgan fingerprint density at radius 3 is 2.75 bits per heavy atom. The van der Waals surface area contributed by atoms with Crippen molar-refractivity contribution >= 4 is 5.97 Å². The van der Waals surface area contributed by atoms with Crippen LogP contribution in [-0.2, 0) is 4.74 Å². The van der Waals surface area contributed by atoms with Gasteiger partial charge < -0.3 is 4.74 Å². The van der Waals surface area contributed by atoms with Crippen LogP contribution >= 0.6 is 0 Å². The van der Waals surface area contributed by atoms with E-state index in [0.29, 0.717) is 5.69 Å². The molecule has 0 aliphatic carbocycles. The molecular formula is C12H10F3N3O2. The van der Waals surface area contributed by atoms with Crippen molar-refractivity contribution < 1.29 is 22.7 Å². The number of halogens is 3. The van der Waals surface area contributed by atoms with Gasteiger partial charge in [-0.1, -0.05) is 0 Å². The molecule has 2 aromatic rings. The Morgan fingerprint density at radius 2 is 2.15 bits per heavy atom. The second kappa shape index (κ2) is 5.32. The lowest BCUT2D eigenvalue weighted by Gasteiger charge is -2.16. The number of carbonyl (C=O) groups is 1. The molecule has 1 atom stereocenters. The van der Waals surface area contributed by atoms with Crippen LogP contribution in [0.4, 0.5) is 13.2 Å². The summed E-state index contributed by atoms with van der Waals surface area (Å²) in [7, 11) is 0. The lowest BCUT2D eigenvalue weighted by atomic mass is 10.3. The smallest absolute Gasteiger partial charge is 0.425 e. The van der Waals surface area contributed by atoms with Crippen LogP contribution in [0.25, 0.3) is 5.69 Å². The Bertz CT molecular complexity index is 596. The summed E-state index contributed by atoms with van der Waals surface area (Å²) in [5.41, 5.74) is 0.283. The quantitative estimate of drug-likeness (QED) is 0.812. The number of pyridine rings is 1. The van der Waals surface area contributed by atoms with E-state index in [0.717, 1.165) is 6.92 Å². The molecule has 0 spiro atoms. The lowest BCUT2D eigenvalue weighted by Crippen LogP contribution is -2.31. The lowest BCUT2D eigenvalue weighted by molar-refractivity contribution is -0.198.